The Morgan fingerprint density at radius 2 is 1.64 bits per heavy atom. The molecule has 2 aromatic carbocycles. The minimum absolute atomic E-state index is 0.0486. The Bertz CT molecular complexity index is 794. The van der Waals surface area contributed by atoms with Crippen LogP contribution in [0.4, 0.5) is 5.69 Å². The maximum Gasteiger partial charge on any atom is 0.261 e. The molecule has 22 heavy (non-hydrogen) atoms. The number of halogens is 1. The van der Waals surface area contributed by atoms with Crippen molar-refractivity contribution in [1.29, 1.82) is 0 Å². The highest BCUT2D eigenvalue weighted by atomic mass is 35.5. The van der Waals surface area contributed by atoms with E-state index in [0.717, 1.165) is 5.56 Å². The summed E-state index contributed by atoms with van der Waals surface area (Å²) in [6.07, 6.45) is 3.12. The fourth-order valence-electron chi connectivity index (χ4n) is 1.70. The fraction of sp³-hybridized carbons (Fsp3) is 0.0625. The zero-order valence-electron chi connectivity index (χ0n) is 11.8. The molecule has 0 saturated carbocycles. The first-order valence-electron chi connectivity index (χ1n) is 6.44. The molecule has 0 radical (unpaired) electrons. The molecule has 0 fully saturated rings. The van der Waals surface area contributed by atoms with E-state index in [9.17, 15) is 13.2 Å². The molecule has 0 aliphatic heterocycles. The molecule has 2 aromatic rings. The van der Waals surface area contributed by atoms with Crippen LogP contribution < -0.4 is 4.72 Å². The summed E-state index contributed by atoms with van der Waals surface area (Å²) in [5.74, 6) is -0.0486. The minimum Gasteiger partial charge on any atom is -0.295 e. The van der Waals surface area contributed by atoms with Crippen LogP contribution in [-0.2, 0) is 14.8 Å². The quantitative estimate of drug-likeness (QED) is 0.846. The largest absolute Gasteiger partial charge is 0.295 e. The van der Waals surface area contributed by atoms with Gasteiger partial charge in [0.1, 0.15) is 0 Å². The molecular formula is C16H14ClNO3S. The molecule has 0 amide bonds. The second kappa shape index (κ2) is 6.77. The summed E-state index contributed by atoms with van der Waals surface area (Å²) in [4.78, 5) is 11.0. The average molecular weight is 336 g/mol. The predicted octanol–water partition coefficient (Wildman–Crippen LogP) is 3.74. The Kier molecular flexibility index (Phi) is 5.00. The summed E-state index contributed by atoms with van der Waals surface area (Å²) in [5, 5.41) is 0.473. The van der Waals surface area contributed by atoms with Crippen molar-refractivity contribution in [3.63, 3.8) is 0 Å². The lowest BCUT2D eigenvalue weighted by atomic mass is 10.2. The van der Waals surface area contributed by atoms with Gasteiger partial charge in [-0.1, -0.05) is 29.8 Å². The topological polar surface area (TPSA) is 63.2 Å². The zero-order valence-corrected chi connectivity index (χ0v) is 13.4. The van der Waals surface area contributed by atoms with Crippen molar-refractivity contribution in [3.8, 4) is 0 Å². The average Bonchev–Trinajstić information content (AvgIpc) is 2.46. The number of ketones is 1. The summed E-state index contributed by atoms with van der Waals surface area (Å²) >= 11 is 5.75. The van der Waals surface area contributed by atoms with E-state index in [1.807, 2.05) is 0 Å². The van der Waals surface area contributed by atoms with Crippen molar-refractivity contribution in [2.45, 2.75) is 11.8 Å². The Morgan fingerprint density at radius 1 is 1.05 bits per heavy atom. The van der Waals surface area contributed by atoms with Crippen molar-refractivity contribution < 1.29 is 13.2 Å². The molecular weight excluding hydrogens is 322 g/mol. The van der Waals surface area contributed by atoms with E-state index in [1.54, 1.807) is 30.3 Å². The molecule has 6 heteroatoms. The van der Waals surface area contributed by atoms with Crippen LogP contribution in [0.25, 0.3) is 6.08 Å². The summed E-state index contributed by atoms with van der Waals surface area (Å²) in [7, 11) is -3.65. The van der Waals surface area contributed by atoms with E-state index >= 15 is 0 Å². The highest BCUT2D eigenvalue weighted by Crippen LogP contribution is 2.19. The number of hydrogen-bond donors (Lipinski definition) is 1. The summed E-state index contributed by atoms with van der Waals surface area (Å²) in [6.45, 7) is 1.46. The molecule has 0 aromatic heterocycles. The lowest BCUT2D eigenvalue weighted by molar-refractivity contribution is -0.112. The smallest absolute Gasteiger partial charge is 0.261 e. The second-order valence-electron chi connectivity index (χ2n) is 4.63. The zero-order chi connectivity index (χ0) is 16.2. The van der Waals surface area contributed by atoms with E-state index in [0.29, 0.717) is 10.7 Å². The molecule has 4 nitrogen and oxygen atoms in total. The van der Waals surface area contributed by atoms with Gasteiger partial charge in [0, 0.05) is 10.7 Å². The molecule has 2 rings (SSSR count). The van der Waals surface area contributed by atoms with E-state index in [2.05, 4.69) is 4.72 Å². The number of carbonyl (C=O) groups excluding carboxylic acids is 1. The number of anilines is 1. The van der Waals surface area contributed by atoms with Crippen LogP contribution in [0.1, 0.15) is 12.5 Å². The first kappa shape index (κ1) is 16.3. The maximum absolute atomic E-state index is 12.2. The van der Waals surface area contributed by atoms with Gasteiger partial charge in [0.25, 0.3) is 10.0 Å². The molecule has 0 spiro atoms. The van der Waals surface area contributed by atoms with Crippen LogP contribution in [0.15, 0.2) is 59.5 Å². The van der Waals surface area contributed by atoms with Crippen LogP contribution in [0.2, 0.25) is 5.02 Å². The first-order valence-corrected chi connectivity index (χ1v) is 8.30. The maximum atomic E-state index is 12.2. The number of carbonyl (C=O) groups is 1. The number of hydrogen-bond acceptors (Lipinski definition) is 3. The number of rotatable bonds is 5. The molecule has 1 N–H and O–H groups in total. The predicted molar refractivity (Wildman–Crippen MR) is 88.4 cm³/mol. The van der Waals surface area contributed by atoms with Crippen molar-refractivity contribution in [1.82, 2.24) is 0 Å². The lowest BCUT2D eigenvalue weighted by Gasteiger charge is -2.08. The third-order valence-electron chi connectivity index (χ3n) is 2.80. The van der Waals surface area contributed by atoms with E-state index in [-0.39, 0.29) is 10.7 Å². The molecule has 0 unspecified atom stereocenters. The Hall–Kier alpha value is -2.11. The van der Waals surface area contributed by atoms with Gasteiger partial charge < -0.3 is 0 Å². The Morgan fingerprint density at radius 3 is 2.18 bits per heavy atom. The highest BCUT2D eigenvalue weighted by Gasteiger charge is 2.13. The standard InChI is InChI=1S/C16H14ClNO3S/c1-12(19)2-3-13-4-8-15(9-5-13)18-22(20,21)16-10-6-14(17)7-11-16/h2-11,18H,1H3/b3-2+. The molecule has 0 bridgehead atoms. The van der Waals surface area contributed by atoms with Gasteiger partial charge in [0.05, 0.1) is 4.90 Å². The fourth-order valence-corrected chi connectivity index (χ4v) is 2.89. The first-order chi connectivity index (χ1) is 10.4. The molecule has 0 atom stereocenters. The molecule has 0 aliphatic carbocycles. The van der Waals surface area contributed by atoms with Gasteiger partial charge in [-0.25, -0.2) is 8.42 Å². The van der Waals surface area contributed by atoms with Crippen molar-refractivity contribution in [2.24, 2.45) is 0 Å². The van der Waals surface area contributed by atoms with Gasteiger partial charge in [-0.3, -0.25) is 9.52 Å². The van der Waals surface area contributed by atoms with Crippen LogP contribution in [0.5, 0.6) is 0 Å². The molecule has 0 heterocycles. The van der Waals surface area contributed by atoms with Gasteiger partial charge in [-0.2, -0.15) is 0 Å². The van der Waals surface area contributed by atoms with Crippen molar-refractivity contribution in [2.75, 3.05) is 4.72 Å². The number of nitrogens with one attached hydrogen (secondary N) is 1. The summed E-state index contributed by atoms with van der Waals surface area (Å²) < 4.78 is 26.9. The normalized spacial score (nSPS) is 11.5. The van der Waals surface area contributed by atoms with E-state index in [1.165, 1.54) is 37.3 Å². The van der Waals surface area contributed by atoms with E-state index < -0.39 is 10.0 Å². The van der Waals surface area contributed by atoms with E-state index in [4.69, 9.17) is 11.6 Å². The number of benzene rings is 2. The minimum atomic E-state index is -3.65. The van der Waals surface area contributed by atoms with Crippen LogP contribution >= 0.6 is 11.6 Å². The van der Waals surface area contributed by atoms with Crippen LogP contribution in [0, 0.1) is 0 Å². The Labute approximate surface area is 134 Å². The summed E-state index contributed by atoms with van der Waals surface area (Å²) in [5.41, 5.74) is 1.25. The highest BCUT2D eigenvalue weighted by molar-refractivity contribution is 7.92. The van der Waals surface area contributed by atoms with Crippen molar-refractivity contribution in [3.05, 3.63) is 65.2 Å². The SMILES string of the molecule is CC(=O)/C=C/c1ccc(NS(=O)(=O)c2ccc(Cl)cc2)cc1. The number of allylic oxidation sites excluding steroid dienone is 1. The second-order valence-corrected chi connectivity index (χ2v) is 6.74. The van der Waals surface area contributed by atoms with Gasteiger partial charge in [-0.15, -0.1) is 0 Å². The monoisotopic (exact) mass is 335 g/mol. The van der Waals surface area contributed by atoms with Gasteiger partial charge in [0.2, 0.25) is 0 Å². The van der Waals surface area contributed by atoms with Gasteiger partial charge in [0.15, 0.2) is 5.78 Å². The van der Waals surface area contributed by atoms with Gasteiger partial charge >= 0.3 is 0 Å². The van der Waals surface area contributed by atoms with Crippen molar-refractivity contribution >= 4 is 39.2 Å². The molecule has 0 saturated heterocycles. The summed E-state index contributed by atoms with van der Waals surface area (Å²) in [6, 6.07) is 12.6. The molecule has 114 valence electrons. The van der Waals surface area contributed by atoms with Crippen LogP contribution in [-0.4, -0.2) is 14.2 Å². The third kappa shape index (κ3) is 4.44. The van der Waals surface area contributed by atoms with Crippen LogP contribution in [0.3, 0.4) is 0 Å². The Balaban J connectivity index is 2.16. The third-order valence-corrected chi connectivity index (χ3v) is 4.45. The molecule has 0 aliphatic rings. The van der Waals surface area contributed by atoms with Gasteiger partial charge in [-0.05, 0) is 55.0 Å². The number of sulfonamides is 1. The lowest BCUT2D eigenvalue weighted by Crippen LogP contribution is -2.12.